The van der Waals surface area contributed by atoms with Crippen molar-refractivity contribution in [2.45, 2.75) is 6.42 Å². The number of hydrogen-bond acceptors (Lipinski definition) is 6. The van der Waals surface area contributed by atoms with Crippen LogP contribution in [-0.2, 0) is 11.2 Å². The van der Waals surface area contributed by atoms with Gasteiger partial charge in [0.05, 0.1) is 13.4 Å². The number of ether oxygens (including phenoxy) is 1. The molecule has 0 radical (unpaired) electrons. The zero-order chi connectivity index (χ0) is 12.8. The molecule has 0 aliphatic heterocycles. The zero-order valence-corrected chi connectivity index (χ0v) is 9.92. The van der Waals surface area contributed by atoms with Gasteiger partial charge in [0.15, 0.2) is 5.69 Å². The van der Waals surface area contributed by atoms with Crippen molar-refractivity contribution in [2.24, 2.45) is 0 Å². The number of aromatic nitrogens is 2. The molecule has 18 heavy (non-hydrogen) atoms. The summed E-state index contributed by atoms with van der Waals surface area (Å²) in [4.78, 5) is 11.1. The molecule has 0 saturated carbocycles. The highest BCUT2D eigenvalue weighted by Crippen LogP contribution is 2.05. The van der Waals surface area contributed by atoms with Crippen LogP contribution < -0.4 is 5.32 Å². The summed E-state index contributed by atoms with van der Waals surface area (Å²) in [5.41, 5.74) is 0.189. The van der Waals surface area contributed by atoms with Gasteiger partial charge in [-0.3, -0.25) is 0 Å². The van der Waals surface area contributed by atoms with E-state index in [0.29, 0.717) is 12.4 Å². The quantitative estimate of drug-likeness (QED) is 0.807. The Morgan fingerprint density at radius 1 is 1.39 bits per heavy atom. The topological polar surface area (TPSA) is 77.2 Å². The average Bonchev–Trinajstić information content (AvgIpc) is 2.92. The Morgan fingerprint density at radius 3 is 2.89 bits per heavy atom. The van der Waals surface area contributed by atoms with Crippen molar-refractivity contribution in [2.75, 3.05) is 19.0 Å². The SMILES string of the molecule is COC(=O)c1ccc(NCCc2ccco2)nn1. The van der Waals surface area contributed by atoms with E-state index >= 15 is 0 Å². The summed E-state index contributed by atoms with van der Waals surface area (Å²) in [7, 11) is 1.31. The van der Waals surface area contributed by atoms with Crippen LogP contribution in [0.2, 0.25) is 0 Å². The lowest BCUT2D eigenvalue weighted by Crippen LogP contribution is -2.09. The van der Waals surface area contributed by atoms with E-state index in [4.69, 9.17) is 4.42 Å². The van der Waals surface area contributed by atoms with Gasteiger partial charge in [-0.25, -0.2) is 4.79 Å². The maximum atomic E-state index is 11.1. The number of methoxy groups -OCH3 is 1. The minimum atomic E-state index is -0.496. The molecule has 0 aromatic carbocycles. The van der Waals surface area contributed by atoms with Crippen molar-refractivity contribution in [3.05, 3.63) is 42.0 Å². The Labute approximate surface area is 104 Å². The Morgan fingerprint density at radius 2 is 2.28 bits per heavy atom. The minimum absolute atomic E-state index is 0.189. The van der Waals surface area contributed by atoms with Crippen molar-refractivity contribution >= 4 is 11.8 Å². The number of nitrogens with zero attached hydrogens (tertiary/aromatic N) is 2. The summed E-state index contributed by atoms with van der Waals surface area (Å²) >= 11 is 0. The third-order valence-electron chi connectivity index (χ3n) is 2.32. The Hall–Kier alpha value is -2.37. The first-order valence-electron chi connectivity index (χ1n) is 5.48. The third kappa shape index (κ3) is 3.07. The van der Waals surface area contributed by atoms with E-state index in [1.54, 1.807) is 18.4 Å². The molecule has 1 N–H and O–H groups in total. The van der Waals surface area contributed by atoms with Crippen LogP contribution in [0.25, 0.3) is 0 Å². The van der Waals surface area contributed by atoms with Crippen molar-refractivity contribution in [1.82, 2.24) is 10.2 Å². The molecule has 0 spiro atoms. The lowest BCUT2D eigenvalue weighted by atomic mass is 10.3. The third-order valence-corrected chi connectivity index (χ3v) is 2.32. The van der Waals surface area contributed by atoms with Crippen LogP contribution in [0.15, 0.2) is 34.9 Å². The molecule has 2 heterocycles. The van der Waals surface area contributed by atoms with E-state index in [-0.39, 0.29) is 5.69 Å². The molecular formula is C12H13N3O3. The molecule has 0 atom stereocenters. The van der Waals surface area contributed by atoms with Gasteiger partial charge >= 0.3 is 5.97 Å². The molecule has 0 fully saturated rings. The highest BCUT2D eigenvalue weighted by molar-refractivity contribution is 5.86. The second-order valence-electron chi connectivity index (χ2n) is 3.55. The van der Waals surface area contributed by atoms with Gasteiger partial charge in [-0.05, 0) is 24.3 Å². The van der Waals surface area contributed by atoms with Crippen LogP contribution >= 0.6 is 0 Å². The number of furan rings is 1. The van der Waals surface area contributed by atoms with Crippen LogP contribution in [0, 0.1) is 0 Å². The molecular weight excluding hydrogens is 234 g/mol. The molecule has 0 amide bonds. The van der Waals surface area contributed by atoms with Crippen LogP contribution in [0.5, 0.6) is 0 Å². The average molecular weight is 247 g/mol. The first kappa shape index (κ1) is 12.1. The van der Waals surface area contributed by atoms with E-state index in [0.717, 1.165) is 12.2 Å². The second kappa shape index (κ2) is 5.81. The highest BCUT2D eigenvalue weighted by Gasteiger charge is 2.07. The predicted octanol–water partition coefficient (Wildman–Crippen LogP) is 1.51. The summed E-state index contributed by atoms with van der Waals surface area (Å²) < 4.78 is 9.73. The molecule has 0 bridgehead atoms. The highest BCUT2D eigenvalue weighted by atomic mass is 16.5. The van der Waals surface area contributed by atoms with Gasteiger partial charge in [0, 0.05) is 13.0 Å². The fraction of sp³-hybridized carbons (Fsp3) is 0.250. The molecule has 6 nitrogen and oxygen atoms in total. The van der Waals surface area contributed by atoms with E-state index < -0.39 is 5.97 Å². The normalized spacial score (nSPS) is 10.1. The van der Waals surface area contributed by atoms with Gasteiger partial charge in [0.2, 0.25) is 0 Å². The van der Waals surface area contributed by atoms with Crippen molar-refractivity contribution in [1.29, 1.82) is 0 Å². The lowest BCUT2D eigenvalue weighted by molar-refractivity contribution is 0.0593. The Kier molecular flexibility index (Phi) is 3.90. The molecule has 0 aliphatic carbocycles. The minimum Gasteiger partial charge on any atom is -0.469 e. The van der Waals surface area contributed by atoms with Crippen molar-refractivity contribution < 1.29 is 13.9 Å². The van der Waals surface area contributed by atoms with Gasteiger partial charge in [-0.15, -0.1) is 10.2 Å². The second-order valence-corrected chi connectivity index (χ2v) is 3.55. The van der Waals surface area contributed by atoms with E-state index in [2.05, 4.69) is 20.3 Å². The molecule has 6 heteroatoms. The molecule has 94 valence electrons. The van der Waals surface area contributed by atoms with Gasteiger partial charge in [-0.1, -0.05) is 0 Å². The number of rotatable bonds is 5. The van der Waals surface area contributed by atoms with Crippen LogP contribution in [0.1, 0.15) is 16.2 Å². The maximum Gasteiger partial charge on any atom is 0.358 e. The maximum absolute atomic E-state index is 11.1. The van der Waals surface area contributed by atoms with Crippen LogP contribution in [0.3, 0.4) is 0 Å². The summed E-state index contributed by atoms with van der Waals surface area (Å²) in [6.45, 7) is 0.680. The zero-order valence-electron chi connectivity index (χ0n) is 9.92. The number of nitrogens with one attached hydrogen (secondary N) is 1. The molecule has 0 aliphatic rings. The molecule has 0 unspecified atom stereocenters. The van der Waals surface area contributed by atoms with Crippen molar-refractivity contribution in [3.63, 3.8) is 0 Å². The summed E-state index contributed by atoms with van der Waals surface area (Å²) in [6.07, 6.45) is 2.40. The standard InChI is InChI=1S/C12H13N3O3/c1-17-12(16)10-4-5-11(15-14-10)13-7-6-9-3-2-8-18-9/h2-5,8H,6-7H2,1H3,(H,13,15). The van der Waals surface area contributed by atoms with Gasteiger partial charge in [-0.2, -0.15) is 0 Å². The van der Waals surface area contributed by atoms with Gasteiger partial charge in [0.1, 0.15) is 11.6 Å². The fourth-order valence-electron chi connectivity index (χ4n) is 1.41. The predicted molar refractivity (Wildman–Crippen MR) is 64.3 cm³/mol. The molecule has 0 saturated heterocycles. The number of carbonyl (C=O) groups is 1. The smallest absolute Gasteiger partial charge is 0.358 e. The molecule has 2 aromatic rings. The molecule has 2 aromatic heterocycles. The monoisotopic (exact) mass is 247 g/mol. The first-order chi connectivity index (χ1) is 8.79. The van der Waals surface area contributed by atoms with Gasteiger partial charge in [0.25, 0.3) is 0 Å². The Balaban J connectivity index is 1.85. The number of esters is 1. The Bertz CT molecular complexity index is 494. The van der Waals surface area contributed by atoms with Crippen molar-refractivity contribution in [3.8, 4) is 0 Å². The summed E-state index contributed by atoms with van der Waals surface area (Å²) in [6, 6.07) is 7.00. The first-order valence-corrected chi connectivity index (χ1v) is 5.48. The summed E-state index contributed by atoms with van der Waals surface area (Å²) in [5, 5.41) is 10.7. The number of hydrogen-bond donors (Lipinski definition) is 1. The van der Waals surface area contributed by atoms with Gasteiger partial charge < -0.3 is 14.5 Å². The fourth-order valence-corrected chi connectivity index (χ4v) is 1.41. The van der Waals surface area contributed by atoms with Crippen LogP contribution in [0.4, 0.5) is 5.82 Å². The van der Waals surface area contributed by atoms with E-state index in [1.807, 2.05) is 12.1 Å². The lowest BCUT2D eigenvalue weighted by Gasteiger charge is -2.03. The van der Waals surface area contributed by atoms with E-state index in [1.165, 1.54) is 7.11 Å². The summed E-state index contributed by atoms with van der Waals surface area (Å²) in [5.74, 6) is 1.01. The number of anilines is 1. The largest absolute Gasteiger partial charge is 0.469 e. The van der Waals surface area contributed by atoms with E-state index in [9.17, 15) is 4.79 Å². The van der Waals surface area contributed by atoms with Crippen LogP contribution in [-0.4, -0.2) is 29.8 Å². The number of carbonyl (C=O) groups excluding carboxylic acids is 1. The molecule has 2 rings (SSSR count).